The maximum atomic E-state index is 15.3. The van der Waals surface area contributed by atoms with E-state index in [4.69, 9.17) is 4.74 Å². The summed E-state index contributed by atoms with van der Waals surface area (Å²) in [6.45, 7) is 12.1. The number of hydrogen-bond donors (Lipinski definition) is 1. The first-order chi connectivity index (χ1) is 17.6. The van der Waals surface area contributed by atoms with Crippen LogP contribution >= 0.6 is 0 Å². The fraction of sp³-hybridized carbons (Fsp3) is 0.750. The third-order valence-corrected chi connectivity index (χ3v) is 8.44. The zero-order valence-electron chi connectivity index (χ0n) is 22.6. The number of anilines is 2. The lowest BCUT2D eigenvalue weighted by molar-refractivity contribution is -0.129. The van der Waals surface area contributed by atoms with E-state index in [0.29, 0.717) is 32.6 Å². The number of benzene rings is 1. The van der Waals surface area contributed by atoms with E-state index in [9.17, 15) is 4.79 Å². The van der Waals surface area contributed by atoms with Crippen molar-refractivity contribution in [1.82, 2.24) is 14.7 Å². The van der Waals surface area contributed by atoms with Crippen LogP contribution in [0.25, 0.3) is 0 Å². The van der Waals surface area contributed by atoms with Gasteiger partial charge in [-0.2, -0.15) is 0 Å². The van der Waals surface area contributed by atoms with Crippen LogP contribution in [0.1, 0.15) is 45.6 Å². The first kappa shape index (κ1) is 26.5. The normalized spacial score (nSPS) is 25.6. The lowest BCUT2D eigenvalue weighted by atomic mass is 9.89. The second-order valence-corrected chi connectivity index (χ2v) is 12.2. The molecule has 4 aliphatic heterocycles. The number of carbonyl (C=O) groups is 1. The lowest BCUT2D eigenvalue weighted by Crippen LogP contribution is -2.58. The number of carbonyl (C=O) groups excluding carboxylic acids is 1. The molecular weight excluding hydrogens is 476 g/mol. The molecule has 1 N–H and O–H groups in total. The summed E-state index contributed by atoms with van der Waals surface area (Å²) in [6.07, 6.45) is 2.72. The summed E-state index contributed by atoms with van der Waals surface area (Å²) in [4.78, 5) is 20.7. The molecular formula is C28H43F2N5O2. The van der Waals surface area contributed by atoms with Crippen LogP contribution in [0.4, 0.5) is 25.0 Å². The predicted molar refractivity (Wildman–Crippen MR) is 143 cm³/mol. The summed E-state index contributed by atoms with van der Waals surface area (Å²) < 4.78 is 36.2. The average Bonchev–Trinajstić information content (AvgIpc) is 3.34. The van der Waals surface area contributed by atoms with Crippen molar-refractivity contribution in [3.8, 4) is 0 Å². The second-order valence-electron chi connectivity index (χ2n) is 12.2. The molecule has 0 aromatic heterocycles. The van der Waals surface area contributed by atoms with E-state index in [1.54, 1.807) is 4.90 Å². The third kappa shape index (κ3) is 6.14. The van der Waals surface area contributed by atoms with Crippen LogP contribution < -0.4 is 10.2 Å². The monoisotopic (exact) mass is 519 g/mol. The number of piperidine rings is 2. The number of nitrogens with one attached hydrogen (secondary N) is 1. The molecule has 0 spiro atoms. The molecule has 5 rings (SSSR count). The van der Waals surface area contributed by atoms with Crippen LogP contribution in [0.5, 0.6) is 0 Å². The number of piperazine rings is 1. The minimum atomic E-state index is -2.69. The summed E-state index contributed by atoms with van der Waals surface area (Å²) in [5.41, 5.74) is 3.41. The van der Waals surface area contributed by atoms with E-state index in [-0.39, 0.29) is 18.7 Å². The lowest BCUT2D eigenvalue weighted by Gasteiger charge is -2.46. The molecule has 1 aromatic carbocycles. The topological polar surface area (TPSA) is 51.3 Å². The van der Waals surface area contributed by atoms with E-state index in [2.05, 4.69) is 33.3 Å². The molecule has 3 saturated heterocycles. The Labute approximate surface area is 220 Å². The summed E-state index contributed by atoms with van der Waals surface area (Å²) in [6, 6.07) is 6.55. The Morgan fingerprint density at radius 1 is 1.05 bits per heavy atom. The van der Waals surface area contributed by atoms with Crippen molar-refractivity contribution in [2.45, 2.75) is 64.0 Å². The van der Waals surface area contributed by atoms with Crippen LogP contribution in [-0.2, 0) is 11.2 Å². The molecule has 0 aliphatic carbocycles. The van der Waals surface area contributed by atoms with Gasteiger partial charge in [0, 0.05) is 81.3 Å². The van der Waals surface area contributed by atoms with Gasteiger partial charge in [0.1, 0.15) is 5.60 Å². The maximum absolute atomic E-state index is 15.3. The highest BCUT2D eigenvalue weighted by Crippen LogP contribution is 2.37. The molecule has 0 radical (unpaired) electrons. The van der Waals surface area contributed by atoms with E-state index < -0.39 is 17.4 Å². The van der Waals surface area contributed by atoms with Crippen LogP contribution in [0, 0.1) is 5.92 Å². The fourth-order valence-corrected chi connectivity index (χ4v) is 6.39. The number of nitrogens with zero attached hydrogens (tertiary/aromatic N) is 4. The molecule has 3 fully saturated rings. The molecule has 4 aliphatic rings. The van der Waals surface area contributed by atoms with Crippen LogP contribution in [0.3, 0.4) is 0 Å². The van der Waals surface area contributed by atoms with Gasteiger partial charge in [0.15, 0.2) is 0 Å². The van der Waals surface area contributed by atoms with Crippen molar-refractivity contribution >= 4 is 17.5 Å². The van der Waals surface area contributed by atoms with Crippen molar-refractivity contribution in [1.29, 1.82) is 0 Å². The van der Waals surface area contributed by atoms with Crippen LogP contribution in [0.15, 0.2) is 18.2 Å². The zero-order chi connectivity index (χ0) is 26.2. The molecule has 206 valence electrons. The predicted octanol–water partition coefficient (Wildman–Crippen LogP) is 4.13. The van der Waals surface area contributed by atoms with Gasteiger partial charge in [0.05, 0.1) is 6.54 Å². The summed E-state index contributed by atoms with van der Waals surface area (Å²) in [5.74, 6) is -3.29. The van der Waals surface area contributed by atoms with Gasteiger partial charge in [-0.25, -0.2) is 13.6 Å². The number of halogens is 2. The number of alkyl halides is 2. The average molecular weight is 520 g/mol. The number of hydrogen-bond acceptors (Lipinski definition) is 6. The van der Waals surface area contributed by atoms with Gasteiger partial charge in [-0.1, -0.05) is 6.07 Å². The Morgan fingerprint density at radius 2 is 1.78 bits per heavy atom. The maximum Gasteiger partial charge on any atom is 0.410 e. The van der Waals surface area contributed by atoms with E-state index in [1.807, 2.05) is 25.7 Å². The fourth-order valence-electron chi connectivity index (χ4n) is 6.39. The zero-order valence-corrected chi connectivity index (χ0v) is 22.6. The molecule has 0 saturated carbocycles. The van der Waals surface area contributed by atoms with Crippen molar-refractivity contribution < 1.29 is 18.3 Å². The van der Waals surface area contributed by atoms with Gasteiger partial charge in [-0.15, -0.1) is 0 Å². The van der Waals surface area contributed by atoms with Gasteiger partial charge in [0.25, 0.3) is 5.92 Å². The molecule has 1 atom stereocenters. The SMILES string of the molecule is CC(C)(C)OC(=O)N1CCC(N2CC[C@H](CN3CCN(c4cccc5c4CCN5)CC3)C(F)(F)C2)CC1. The molecule has 1 amide bonds. The number of likely N-dealkylation sites (tertiary alicyclic amines) is 2. The van der Waals surface area contributed by atoms with Gasteiger partial charge < -0.3 is 19.9 Å². The summed E-state index contributed by atoms with van der Waals surface area (Å²) >= 11 is 0. The second kappa shape index (κ2) is 10.6. The van der Waals surface area contributed by atoms with E-state index >= 15 is 8.78 Å². The van der Waals surface area contributed by atoms with E-state index in [0.717, 1.165) is 52.0 Å². The Bertz CT molecular complexity index is 952. The van der Waals surface area contributed by atoms with Crippen molar-refractivity contribution in [2.24, 2.45) is 5.92 Å². The Kier molecular flexibility index (Phi) is 7.56. The number of amides is 1. The molecule has 0 bridgehead atoms. The number of fused-ring (bicyclic) bond motifs is 1. The van der Waals surface area contributed by atoms with Gasteiger partial charge in [0.2, 0.25) is 0 Å². The molecule has 37 heavy (non-hydrogen) atoms. The standard InChI is InChI=1S/C28H43F2N5O2/c1-27(2,3)37-26(36)34-13-9-22(10-14-34)35-12-8-21(28(29,30)20-35)19-32-15-17-33(18-16-32)25-6-4-5-24-23(25)7-11-31-24/h4-6,21-22,31H,7-20H2,1-3H3/t21-/m1/s1. The van der Waals surface area contributed by atoms with Gasteiger partial charge >= 0.3 is 6.09 Å². The summed E-state index contributed by atoms with van der Waals surface area (Å²) in [7, 11) is 0. The number of ether oxygens (including phenoxy) is 1. The Morgan fingerprint density at radius 3 is 2.46 bits per heavy atom. The van der Waals surface area contributed by atoms with Gasteiger partial charge in [-0.3, -0.25) is 9.80 Å². The molecule has 7 nitrogen and oxygen atoms in total. The van der Waals surface area contributed by atoms with Crippen molar-refractivity contribution in [3.63, 3.8) is 0 Å². The highest BCUT2D eigenvalue weighted by atomic mass is 19.3. The smallest absolute Gasteiger partial charge is 0.410 e. The van der Waals surface area contributed by atoms with Crippen LogP contribution in [-0.4, -0.2) is 104 Å². The minimum absolute atomic E-state index is 0.108. The first-order valence-electron chi connectivity index (χ1n) is 14.0. The quantitative estimate of drug-likeness (QED) is 0.646. The largest absolute Gasteiger partial charge is 0.444 e. The van der Waals surface area contributed by atoms with Crippen LogP contribution in [0.2, 0.25) is 0 Å². The molecule has 0 unspecified atom stereocenters. The first-order valence-corrected chi connectivity index (χ1v) is 14.0. The molecule has 9 heteroatoms. The Hall–Kier alpha value is -2.13. The van der Waals surface area contributed by atoms with Crippen molar-refractivity contribution in [2.75, 3.05) is 75.7 Å². The summed E-state index contributed by atoms with van der Waals surface area (Å²) in [5, 5.41) is 3.45. The third-order valence-electron chi connectivity index (χ3n) is 8.44. The Balaban J connectivity index is 1.08. The van der Waals surface area contributed by atoms with Crippen molar-refractivity contribution in [3.05, 3.63) is 23.8 Å². The molecule has 1 aromatic rings. The molecule has 4 heterocycles. The minimum Gasteiger partial charge on any atom is -0.444 e. The highest BCUT2D eigenvalue weighted by Gasteiger charge is 2.47. The highest BCUT2D eigenvalue weighted by molar-refractivity contribution is 5.69. The number of rotatable bonds is 4. The van der Waals surface area contributed by atoms with Gasteiger partial charge in [-0.05, 0) is 65.1 Å². The van der Waals surface area contributed by atoms with E-state index in [1.165, 1.54) is 16.9 Å².